The van der Waals surface area contributed by atoms with Gasteiger partial charge >= 0.3 is 5.97 Å². The molecule has 0 radical (unpaired) electrons. The van der Waals surface area contributed by atoms with Gasteiger partial charge in [-0.2, -0.15) is 0 Å². The van der Waals surface area contributed by atoms with Gasteiger partial charge in [-0.25, -0.2) is 0 Å². The first-order valence-corrected chi connectivity index (χ1v) is 5.54. The number of hydrogen-bond acceptors (Lipinski definition) is 2. The van der Waals surface area contributed by atoms with E-state index in [1.165, 1.54) is 12.8 Å². The van der Waals surface area contributed by atoms with Gasteiger partial charge in [-0.1, -0.05) is 13.8 Å². The highest BCUT2D eigenvalue weighted by Crippen LogP contribution is 2.39. The van der Waals surface area contributed by atoms with Crippen LogP contribution in [0.4, 0.5) is 0 Å². The van der Waals surface area contributed by atoms with Crippen molar-refractivity contribution in [1.29, 1.82) is 0 Å². The maximum Gasteiger partial charge on any atom is 0.309 e. The van der Waals surface area contributed by atoms with Crippen LogP contribution in [0, 0.1) is 17.8 Å². The molecule has 2 rings (SSSR count). The van der Waals surface area contributed by atoms with Gasteiger partial charge in [0, 0.05) is 19.1 Å². The molecule has 1 heterocycles. The van der Waals surface area contributed by atoms with Crippen molar-refractivity contribution < 1.29 is 9.90 Å². The predicted molar refractivity (Wildman–Crippen MR) is 54.0 cm³/mol. The second-order valence-electron chi connectivity index (χ2n) is 5.12. The van der Waals surface area contributed by atoms with Crippen LogP contribution in [-0.2, 0) is 4.79 Å². The highest BCUT2D eigenvalue weighted by atomic mass is 16.4. The summed E-state index contributed by atoms with van der Waals surface area (Å²) >= 11 is 0. The Morgan fingerprint density at radius 1 is 1.36 bits per heavy atom. The van der Waals surface area contributed by atoms with E-state index < -0.39 is 5.97 Å². The average molecular weight is 197 g/mol. The zero-order chi connectivity index (χ0) is 10.3. The molecule has 0 unspecified atom stereocenters. The van der Waals surface area contributed by atoms with Crippen molar-refractivity contribution in [3.05, 3.63) is 0 Å². The molecule has 0 aromatic heterocycles. The highest BCUT2D eigenvalue weighted by Gasteiger charge is 2.42. The largest absolute Gasteiger partial charge is 0.481 e. The summed E-state index contributed by atoms with van der Waals surface area (Å²) in [5, 5.41) is 8.74. The maximum absolute atomic E-state index is 10.6. The summed E-state index contributed by atoms with van der Waals surface area (Å²) in [7, 11) is 0. The first-order valence-electron chi connectivity index (χ1n) is 5.54. The topological polar surface area (TPSA) is 40.5 Å². The first kappa shape index (κ1) is 9.97. The van der Waals surface area contributed by atoms with Crippen molar-refractivity contribution in [1.82, 2.24) is 4.90 Å². The fraction of sp³-hybridized carbons (Fsp3) is 0.909. The second-order valence-corrected chi connectivity index (χ2v) is 5.12. The van der Waals surface area contributed by atoms with Crippen LogP contribution in [-0.4, -0.2) is 35.1 Å². The molecule has 1 saturated carbocycles. The Kier molecular flexibility index (Phi) is 2.52. The third kappa shape index (κ3) is 1.65. The van der Waals surface area contributed by atoms with Crippen molar-refractivity contribution >= 4 is 5.97 Å². The highest BCUT2D eigenvalue weighted by molar-refractivity contribution is 5.71. The van der Waals surface area contributed by atoms with E-state index in [9.17, 15) is 4.79 Å². The zero-order valence-corrected chi connectivity index (χ0v) is 8.94. The SMILES string of the molecule is CC(C)C1CC(N2CC(C(=O)O)C2)C1. The minimum Gasteiger partial charge on any atom is -0.481 e. The summed E-state index contributed by atoms with van der Waals surface area (Å²) in [5.74, 6) is 0.959. The number of carbonyl (C=O) groups is 1. The van der Waals surface area contributed by atoms with Gasteiger partial charge in [0.1, 0.15) is 0 Å². The molecule has 80 valence electrons. The van der Waals surface area contributed by atoms with Gasteiger partial charge in [0.15, 0.2) is 0 Å². The van der Waals surface area contributed by atoms with E-state index in [-0.39, 0.29) is 5.92 Å². The summed E-state index contributed by atoms with van der Waals surface area (Å²) in [6.07, 6.45) is 2.56. The monoisotopic (exact) mass is 197 g/mol. The molecule has 1 aliphatic carbocycles. The summed E-state index contributed by atoms with van der Waals surface area (Å²) in [6.45, 7) is 6.11. The van der Waals surface area contributed by atoms with Gasteiger partial charge in [-0.15, -0.1) is 0 Å². The molecule has 0 aromatic rings. The number of hydrogen-bond donors (Lipinski definition) is 1. The lowest BCUT2D eigenvalue weighted by atomic mass is 9.72. The Morgan fingerprint density at radius 2 is 1.93 bits per heavy atom. The molecule has 2 aliphatic rings. The van der Waals surface area contributed by atoms with E-state index in [4.69, 9.17) is 5.11 Å². The van der Waals surface area contributed by atoms with Gasteiger partial charge in [-0.3, -0.25) is 9.69 Å². The Hall–Kier alpha value is -0.570. The quantitative estimate of drug-likeness (QED) is 0.744. The van der Waals surface area contributed by atoms with Crippen LogP contribution in [0.15, 0.2) is 0 Å². The number of carboxylic acid groups (broad SMARTS) is 1. The van der Waals surface area contributed by atoms with Gasteiger partial charge in [0.25, 0.3) is 0 Å². The molecule has 1 saturated heterocycles. The maximum atomic E-state index is 10.6. The van der Waals surface area contributed by atoms with Gasteiger partial charge in [-0.05, 0) is 24.7 Å². The molecule has 0 atom stereocenters. The molecule has 3 heteroatoms. The van der Waals surface area contributed by atoms with Crippen molar-refractivity contribution in [3.63, 3.8) is 0 Å². The lowest BCUT2D eigenvalue weighted by Crippen LogP contribution is -2.58. The Balaban J connectivity index is 1.68. The van der Waals surface area contributed by atoms with Crippen molar-refractivity contribution in [2.75, 3.05) is 13.1 Å². The molecule has 3 nitrogen and oxygen atoms in total. The number of aliphatic carboxylic acids is 1. The summed E-state index contributed by atoms with van der Waals surface area (Å²) in [6, 6.07) is 0.693. The van der Waals surface area contributed by atoms with E-state index >= 15 is 0 Å². The zero-order valence-electron chi connectivity index (χ0n) is 8.94. The average Bonchev–Trinajstić information content (AvgIpc) is 1.88. The fourth-order valence-electron chi connectivity index (χ4n) is 2.44. The molecule has 0 aromatic carbocycles. The molecule has 14 heavy (non-hydrogen) atoms. The van der Waals surface area contributed by atoms with Crippen molar-refractivity contribution in [2.45, 2.75) is 32.7 Å². The minimum atomic E-state index is -0.624. The van der Waals surface area contributed by atoms with E-state index in [1.807, 2.05) is 0 Å². The molecule has 0 bridgehead atoms. The number of rotatable bonds is 3. The standard InChI is InChI=1S/C11H19NO2/c1-7(2)8-3-10(4-8)12-5-9(6-12)11(13)14/h7-10H,3-6H2,1-2H3,(H,13,14). The number of nitrogens with zero attached hydrogens (tertiary/aromatic N) is 1. The van der Waals surface area contributed by atoms with Crippen molar-refractivity contribution in [3.8, 4) is 0 Å². The number of likely N-dealkylation sites (tertiary alicyclic amines) is 1. The van der Waals surface area contributed by atoms with E-state index in [0.717, 1.165) is 24.9 Å². The van der Waals surface area contributed by atoms with Crippen LogP contribution < -0.4 is 0 Å². The van der Waals surface area contributed by atoms with Crippen LogP contribution in [0.1, 0.15) is 26.7 Å². The third-order valence-electron chi connectivity index (χ3n) is 3.87. The normalized spacial score (nSPS) is 33.9. The van der Waals surface area contributed by atoms with Crippen LogP contribution in [0.5, 0.6) is 0 Å². The van der Waals surface area contributed by atoms with Crippen LogP contribution in [0.2, 0.25) is 0 Å². The van der Waals surface area contributed by atoms with Gasteiger partial charge < -0.3 is 5.11 Å². The summed E-state index contributed by atoms with van der Waals surface area (Å²) in [5.41, 5.74) is 0. The van der Waals surface area contributed by atoms with Crippen molar-refractivity contribution in [2.24, 2.45) is 17.8 Å². The first-order chi connectivity index (χ1) is 6.58. The Morgan fingerprint density at radius 3 is 2.36 bits per heavy atom. The molecule has 1 N–H and O–H groups in total. The molecular formula is C11H19NO2. The van der Waals surface area contributed by atoms with Gasteiger partial charge in [0.2, 0.25) is 0 Å². The molecule has 0 spiro atoms. The van der Waals surface area contributed by atoms with Crippen LogP contribution >= 0.6 is 0 Å². The second kappa shape index (κ2) is 3.54. The Labute approximate surface area is 85.1 Å². The van der Waals surface area contributed by atoms with Crippen LogP contribution in [0.25, 0.3) is 0 Å². The van der Waals surface area contributed by atoms with Gasteiger partial charge in [0.05, 0.1) is 5.92 Å². The summed E-state index contributed by atoms with van der Waals surface area (Å²) in [4.78, 5) is 12.9. The van der Waals surface area contributed by atoms with E-state index in [2.05, 4.69) is 18.7 Å². The van der Waals surface area contributed by atoms with E-state index in [1.54, 1.807) is 0 Å². The molecule has 1 aliphatic heterocycles. The smallest absolute Gasteiger partial charge is 0.309 e. The third-order valence-corrected chi connectivity index (χ3v) is 3.87. The Bertz CT molecular complexity index is 227. The fourth-order valence-corrected chi connectivity index (χ4v) is 2.44. The van der Waals surface area contributed by atoms with E-state index in [0.29, 0.717) is 6.04 Å². The minimum absolute atomic E-state index is 0.0897. The lowest BCUT2D eigenvalue weighted by molar-refractivity contribution is -0.150. The molecule has 2 fully saturated rings. The molecular weight excluding hydrogens is 178 g/mol. The summed E-state index contributed by atoms with van der Waals surface area (Å²) < 4.78 is 0. The lowest BCUT2D eigenvalue weighted by Gasteiger charge is -2.50. The van der Waals surface area contributed by atoms with Crippen LogP contribution in [0.3, 0.4) is 0 Å². The number of carboxylic acids is 1. The molecule has 0 amide bonds. The predicted octanol–water partition coefficient (Wildman–Crippen LogP) is 1.44.